The molecule has 0 amide bonds. The number of aromatic nitrogens is 1. The first-order valence-electron chi connectivity index (χ1n) is 5.19. The molecule has 0 saturated heterocycles. The molecule has 0 aliphatic rings. The van der Waals surface area contributed by atoms with Crippen molar-refractivity contribution >= 4 is 34.4 Å². The molecule has 5 heteroatoms. The average Bonchev–Trinajstić information content (AvgIpc) is 2.72. The number of nitrogens with two attached hydrogens (primary N) is 1. The second-order valence-corrected chi connectivity index (χ2v) is 5.11. The predicted octanol–water partition coefficient (Wildman–Crippen LogP) is 2.70. The maximum Gasteiger partial charge on any atom is 0.126 e. The molecule has 0 aromatic carbocycles. The number of hydrogen-bond acceptors (Lipinski definition) is 4. The van der Waals surface area contributed by atoms with Crippen LogP contribution >= 0.6 is 23.6 Å². The van der Waals surface area contributed by atoms with Crippen LogP contribution in [0.3, 0.4) is 0 Å². The lowest BCUT2D eigenvalue weighted by atomic mass is 10.2. The summed E-state index contributed by atoms with van der Waals surface area (Å²) in [5.74, 6) is 0.795. The molecule has 3 nitrogen and oxygen atoms in total. The molecule has 2 aromatic rings. The highest BCUT2D eigenvalue weighted by Gasteiger charge is 2.02. The fourth-order valence-corrected chi connectivity index (χ4v) is 2.41. The summed E-state index contributed by atoms with van der Waals surface area (Å²) < 4.78 is 0. The van der Waals surface area contributed by atoms with Crippen molar-refractivity contribution in [2.45, 2.75) is 13.5 Å². The molecule has 0 aliphatic carbocycles. The van der Waals surface area contributed by atoms with Crippen LogP contribution < -0.4 is 11.1 Å². The van der Waals surface area contributed by atoms with Crippen molar-refractivity contribution in [3.63, 3.8) is 0 Å². The Balaban J connectivity index is 2.07. The minimum atomic E-state index is 0.391. The van der Waals surface area contributed by atoms with E-state index in [0.717, 1.165) is 17.9 Å². The van der Waals surface area contributed by atoms with Gasteiger partial charge in [-0.25, -0.2) is 4.98 Å². The van der Waals surface area contributed by atoms with Crippen LogP contribution in [0.15, 0.2) is 29.8 Å². The Kier molecular flexibility index (Phi) is 3.71. The van der Waals surface area contributed by atoms with E-state index in [4.69, 9.17) is 18.0 Å². The van der Waals surface area contributed by atoms with Gasteiger partial charge in [-0.3, -0.25) is 0 Å². The van der Waals surface area contributed by atoms with Crippen molar-refractivity contribution in [1.29, 1.82) is 0 Å². The number of nitrogens with zero attached hydrogens (tertiary/aromatic N) is 1. The summed E-state index contributed by atoms with van der Waals surface area (Å²) in [5, 5.41) is 5.36. The Morgan fingerprint density at radius 2 is 2.35 bits per heavy atom. The van der Waals surface area contributed by atoms with Crippen molar-refractivity contribution in [2.75, 3.05) is 5.32 Å². The molecule has 0 fully saturated rings. The van der Waals surface area contributed by atoms with Crippen LogP contribution in [0.4, 0.5) is 5.82 Å². The van der Waals surface area contributed by atoms with Gasteiger partial charge in [0.05, 0.1) is 6.54 Å². The molecule has 88 valence electrons. The summed E-state index contributed by atoms with van der Waals surface area (Å²) in [6, 6.07) is 5.79. The Bertz CT molecular complexity index is 534. The van der Waals surface area contributed by atoms with Crippen LogP contribution in [0, 0.1) is 6.92 Å². The van der Waals surface area contributed by atoms with E-state index in [-0.39, 0.29) is 0 Å². The fourth-order valence-electron chi connectivity index (χ4n) is 1.44. The molecular formula is C12H13N3S2. The van der Waals surface area contributed by atoms with E-state index in [9.17, 15) is 0 Å². The lowest BCUT2D eigenvalue weighted by Crippen LogP contribution is -2.10. The highest BCUT2D eigenvalue weighted by atomic mass is 32.1. The molecule has 0 saturated carbocycles. The van der Waals surface area contributed by atoms with Crippen LogP contribution in [0.25, 0.3) is 0 Å². The van der Waals surface area contributed by atoms with Gasteiger partial charge in [-0.15, -0.1) is 11.3 Å². The largest absolute Gasteiger partial charge is 0.389 e. The number of aryl methyl sites for hydroxylation is 1. The van der Waals surface area contributed by atoms with Gasteiger partial charge in [-0.05, 0) is 36.1 Å². The van der Waals surface area contributed by atoms with E-state index < -0.39 is 0 Å². The van der Waals surface area contributed by atoms with Crippen molar-refractivity contribution in [1.82, 2.24) is 4.98 Å². The van der Waals surface area contributed by atoms with Gasteiger partial charge in [-0.1, -0.05) is 12.2 Å². The quantitative estimate of drug-likeness (QED) is 0.833. The number of anilines is 1. The van der Waals surface area contributed by atoms with Gasteiger partial charge in [0.2, 0.25) is 0 Å². The summed E-state index contributed by atoms with van der Waals surface area (Å²) in [6.07, 6.45) is 1.71. The highest BCUT2D eigenvalue weighted by Crippen LogP contribution is 2.17. The Labute approximate surface area is 110 Å². The molecule has 2 heterocycles. The average molecular weight is 263 g/mol. The van der Waals surface area contributed by atoms with Crippen molar-refractivity contribution < 1.29 is 0 Å². The minimum Gasteiger partial charge on any atom is -0.389 e. The van der Waals surface area contributed by atoms with Crippen molar-refractivity contribution in [2.24, 2.45) is 5.73 Å². The Hall–Kier alpha value is -1.46. The van der Waals surface area contributed by atoms with Gasteiger partial charge < -0.3 is 11.1 Å². The monoisotopic (exact) mass is 263 g/mol. The number of thiophene rings is 1. The molecule has 0 aliphatic heterocycles. The smallest absolute Gasteiger partial charge is 0.126 e. The Morgan fingerprint density at radius 1 is 1.53 bits per heavy atom. The van der Waals surface area contributed by atoms with Gasteiger partial charge in [0.15, 0.2) is 0 Å². The normalized spacial score (nSPS) is 10.2. The van der Waals surface area contributed by atoms with Crippen LogP contribution in [0.1, 0.15) is 16.0 Å². The van der Waals surface area contributed by atoms with E-state index in [1.807, 2.05) is 12.1 Å². The minimum absolute atomic E-state index is 0.391. The second kappa shape index (κ2) is 5.25. The third-order valence-corrected chi connectivity index (χ3v) is 3.70. The van der Waals surface area contributed by atoms with E-state index in [2.05, 4.69) is 28.7 Å². The third-order valence-electron chi connectivity index (χ3n) is 2.44. The lowest BCUT2D eigenvalue weighted by Gasteiger charge is -2.06. The van der Waals surface area contributed by atoms with E-state index in [0.29, 0.717) is 4.99 Å². The molecule has 0 bridgehead atoms. The molecule has 2 rings (SSSR count). The number of hydrogen-bond donors (Lipinski definition) is 2. The van der Waals surface area contributed by atoms with Gasteiger partial charge in [0.25, 0.3) is 0 Å². The first-order chi connectivity index (χ1) is 8.16. The maximum absolute atomic E-state index is 5.58. The highest BCUT2D eigenvalue weighted by molar-refractivity contribution is 7.80. The number of pyridine rings is 1. The molecule has 0 radical (unpaired) electrons. The molecule has 17 heavy (non-hydrogen) atoms. The molecule has 0 unspecified atom stereocenters. The topological polar surface area (TPSA) is 50.9 Å². The van der Waals surface area contributed by atoms with Crippen LogP contribution in [0.2, 0.25) is 0 Å². The first-order valence-corrected chi connectivity index (χ1v) is 6.48. The SMILES string of the molecule is Cc1ccsc1CNc1cc(C(N)=S)ccn1. The first kappa shape index (κ1) is 12.0. The summed E-state index contributed by atoms with van der Waals surface area (Å²) in [6.45, 7) is 2.88. The van der Waals surface area contributed by atoms with E-state index in [1.54, 1.807) is 17.5 Å². The standard InChI is InChI=1S/C12H13N3S2/c1-8-3-5-17-10(8)7-15-11-6-9(12(13)16)2-4-14-11/h2-6H,7H2,1H3,(H2,13,16)(H,14,15). The molecular weight excluding hydrogens is 250 g/mol. The van der Waals surface area contributed by atoms with Crippen molar-refractivity contribution in [3.05, 3.63) is 45.8 Å². The fraction of sp³-hybridized carbons (Fsp3) is 0.167. The zero-order chi connectivity index (χ0) is 12.3. The zero-order valence-corrected chi connectivity index (χ0v) is 11.1. The van der Waals surface area contributed by atoms with Gasteiger partial charge in [0, 0.05) is 16.6 Å². The summed E-state index contributed by atoms with van der Waals surface area (Å²) >= 11 is 6.67. The molecule has 0 spiro atoms. The van der Waals surface area contributed by atoms with Crippen molar-refractivity contribution in [3.8, 4) is 0 Å². The van der Waals surface area contributed by atoms with Gasteiger partial charge >= 0.3 is 0 Å². The molecule has 0 atom stereocenters. The number of nitrogens with one attached hydrogen (secondary N) is 1. The maximum atomic E-state index is 5.58. The molecule has 3 N–H and O–H groups in total. The zero-order valence-electron chi connectivity index (χ0n) is 9.43. The van der Waals surface area contributed by atoms with Gasteiger partial charge in [-0.2, -0.15) is 0 Å². The van der Waals surface area contributed by atoms with Crippen LogP contribution in [0.5, 0.6) is 0 Å². The van der Waals surface area contributed by atoms with E-state index in [1.165, 1.54) is 10.4 Å². The number of thiocarbonyl (C=S) groups is 1. The second-order valence-electron chi connectivity index (χ2n) is 3.67. The van der Waals surface area contributed by atoms with Crippen LogP contribution in [-0.2, 0) is 6.54 Å². The van der Waals surface area contributed by atoms with Gasteiger partial charge in [0.1, 0.15) is 10.8 Å². The van der Waals surface area contributed by atoms with Crippen LogP contribution in [-0.4, -0.2) is 9.97 Å². The Morgan fingerprint density at radius 3 is 3.00 bits per heavy atom. The summed E-state index contributed by atoms with van der Waals surface area (Å²) in [4.78, 5) is 5.93. The summed E-state index contributed by atoms with van der Waals surface area (Å²) in [7, 11) is 0. The number of rotatable bonds is 4. The van der Waals surface area contributed by atoms with E-state index >= 15 is 0 Å². The lowest BCUT2D eigenvalue weighted by molar-refractivity contribution is 1.12. The third kappa shape index (κ3) is 3.01. The molecule has 2 aromatic heterocycles. The predicted molar refractivity (Wildman–Crippen MR) is 76.5 cm³/mol. The summed E-state index contributed by atoms with van der Waals surface area (Å²) in [5.41, 5.74) is 7.71.